The fraction of sp³-hybridized carbons (Fsp3) is 0.417. The number of hydrogen-bond acceptors (Lipinski definition) is 2. The van der Waals surface area contributed by atoms with Crippen molar-refractivity contribution in [3.8, 4) is 0 Å². The van der Waals surface area contributed by atoms with Crippen LogP contribution in [0.2, 0.25) is 0 Å². The van der Waals surface area contributed by atoms with Crippen molar-refractivity contribution < 1.29 is 4.79 Å². The predicted molar refractivity (Wildman–Crippen MR) is 61.7 cm³/mol. The van der Waals surface area contributed by atoms with E-state index in [1.54, 1.807) is 11.8 Å². The molecule has 0 fully saturated rings. The van der Waals surface area contributed by atoms with Gasteiger partial charge in [-0.15, -0.1) is 11.8 Å². The van der Waals surface area contributed by atoms with Crippen molar-refractivity contribution in [1.29, 1.82) is 0 Å². The maximum Gasteiger partial charge on any atom is 0.126 e. The molecule has 0 spiro atoms. The summed E-state index contributed by atoms with van der Waals surface area (Å²) in [5, 5.41) is 0. The quantitative estimate of drug-likeness (QED) is 0.558. The Morgan fingerprint density at radius 2 is 1.86 bits per heavy atom. The molecule has 0 atom stereocenters. The van der Waals surface area contributed by atoms with Gasteiger partial charge in [-0.05, 0) is 19.1 Å². The lowest BCUT2D eigenvalue weighted by Gasteiger charge is -2.15. The molecular weight excluding hydrogens is 192 g/mol. The summed E-state index contributed by atoms with van der Waals surface area (Å²) in [4.78, 5) is 11.9. The van der Waals surface area contributed by atoms with Crippen molar-refractivity contribution >= 4 is 18.0 Å². The molecular formula is C12H16OS. The fourth-order valence-corrected chi connectivity index (χ4v) is 1.87. The van der Waals surface area contributed by atoms with Gasteiger partial charge < -0.3 is 4.79 Å². The van der Waals surface area contributed by atoms with E-state index >= 15 is 0 Å². The molecule has 0 saturated heterocycles. The maximum absolute atomic E-state index is 10.7. The fourth-order valence-electron chi connectivity index (χ4n) is 0.938. The summed E-state index contributed by atoms with van der Waals surface area (Å²) in [5.41, 5.74) is 1.04. The predicted octanol–water partition coefficient (Wildman–Crippen LogP) is 3.31. The van der Waals surface area contributed by atoms with Crippen molar-refractivity contribution in [2.75, 3.05) is 5.75 Å². The number of carbonyl (C=O) groups excluding carboxylic acids is 1. The molecule has 1 rings (SSSR count). The van der Waals surface area contributed by atoms with E-state index in [0.29, 0.717) is 0 Å². The molecule has 0 bridgehead atoms. The number of aldehydes is 1. The van der Waals surface area contributed by atoms with Crippen LogP contribution in [0.3, 0.4) is 0 Å². The molecule has 0 amide bonds. The molecule has 0 aliphatic carbocycles. The van der Waals surface area contributed by atoms with E-state index in [0.717, 1.165) is 12.0 Å². The topological polar surface area (TPSA) is 17.1 Å². The molecule has 76 valence electrons. The molecule has 0 heterocycles. The largest absolute Gasteiger partial charge is 0.303 e. The Morgan fingerprint density at radius 1 is 1.29 bits per heavy atom. The zero-order chi connectivity index (χ0) is 10.6. The second-order valence-corrected chi connectivity index (χ2v) is 5.26. The normalized spacial score (nSPS) is 11.4. The summed E-state index contributed by atoms with van der Waals surface area (Å²) in [7, 11) is 0. The Morgan fingerprint density at radius 3 is 2.36 bits per heavy atom. The van der Waals surface area contributed by atoms with Gasteiger partial charge in [0.15, 0.2) is 0 Å². The lowest BCUT2D eigenvalue weighted by molar-refractivity contribution is -0.113. The first-order valence-electron chi connectivity index (χ1n) is 4.69. The summed E-state index contributed by atoms with van der Waals surface area (Å²) in [6, 6.07) is 8.38. The molecule has 0 N–H and O–H groups in total. The van der Waals surface area contributed by atoms with Crippen LogP contribution in [0.1, 0.15) is 19.4 Å². The lowest BCUT2D eigenvalue weighted by Crippen LogP contribution is -2.15. The summed E-state index contributed by atoms with van der Waals surface area (Å²) >= 11 is 1.73. The third kappa shape index (κ3) is 3.54. The van der Waals surface area contributed by atoms with E-state index in [-0.39, 0.29) is 5.41 Å². The van der Waals surface area contributed by atoms with Crippen molar-refractivity contribution in [2.24, 2.45) is 5.41 Å². The number of carbonyl (C=O) groups is 1. The van der Waals surface area contributed by atoms with Crippen LogP contribution < -0.4 is 0 Å². The van der Waals surface area contributed by atoms with Crippen molar-refractivity contribution in [3.63, 3.8) is 0 Å². The Balaban J connectivity index is 2.54. The first kappa shape index (κ1) is 11.3. The van der Waals surface area contributed by atoms with E-state index in [4.69, 9.17) is 0 Å². The molecule has 1 nitrogen and oxygen atoms in total. The highest BCUT2D eigenvalue weighted by Crippen LogP contribution is 2.25. The third-order valence-electron chi connectivity index (χ3n) is 1.95. The number of rotatable bonds is 4. The smallest absolute Gasteiger partial charge is 0.126 e. The Kier molecular flexibility index (Phi) is 3.76. The second-order valence-electron chi connectivity index (χ2n) is 4.21. The van der Waals surface area contributed by atoms with Gasteiger partial charge in [-0.25, -0.2) is 0 Å². The van der Waals surface area contributed by atoms with Crippen LogP contribution in [-0.4, -0.2) is 12.0 Å². The Bertz CT molecular complexity index is 301. The van der Waals surface area contributed by atoms with Crippen LogP contribution in [0.25, 0.3) is 0 Å². The summed E-state index contributed by atoms with van der Waals surface area (Å²) in [5.74, 6) is 0.833. The minimum absolute atomic E-state index is 0.227. The molecule has 2 heteroatoms. The van der Waals surface area contributed by atoms with E-state index in [9.17, 15) is 4.79 Å². The highest BCUT2D eigenvalue weighted by molar-refractivity contribution is 7.99. The van der Waals surface area contributed by atoms with Crippen LogP contribution in [0.4, 0.5) is 0 Å². The van der Waals surface area contributed by atoms with Crippen LogP contribution >= 0.6 is 11.8 Å². The van der Waals surface area contributed by atoms with Gasteiger partial charge in [-0.1, -0.05) is 31.5 Å². The molecule has 1 aromatic rings. The Hall–Kier alpha value is -0.760. The van der Waals surface area contributed by atoms with Gasteiger partial charge in [0.25, 0.3) is 0 Å². The van der Waals surface area contributed by atoms with E-state index < -0.39 is 0 Å². The van der Waals surface area contributed by atoms with Crippen LogP contribution in [-0.2, 0) is 4.79 Å². The zero-order valence-electron chi connectivity index (χ0n) is 8.91. The highest BCUT2D eigenvalue weighted by atomic mass is 32.2. The van der Waals surface area contributed by atoms with Crippen LogP contribution in [0.5, 0.6) is 0 Å². The SMILES string of the molecule is Cc1ccc(SCC(C)(C)C=O)cc1. The van der Waals surface area contributed by atoms with Gasteiger partial charge in [-0.2, -0.15) is 0 Å². The zero-order valence-corrected chi connectivity index (χ0v) is 9.73. The third-order valence-corrected chi connectivity index (χ3v) is 3.44. The van der Waals surface area contributed by atoms with E-state index in [1.807, 2.05) is 13.8 Å². The van der Waals surface area contributed by atoms with Gasteiger partial charge in [0.2, 0.25) is 0 Å². The molecule has 0 unspecified atom stereocenters. The number of thioether (sulfide) groups is 1. The van der Waals surface area contributed by atoms with Gasteiger partial charge in [0.1, 0.15) is 6.29 Å². The van der Waals surface area contributed by atoms with E-state index in [2.05, 4.69) is 31.2 Å². The minimum Gasteiger partial charge on any atom is -0.303 e. The second kappa shape index (κ2) is 4.65. The average Bonchev–Trinajstić information content (AvgIpc) is 2.17. The van der Waals surface area contributed by atoms with Crippen molar-refractivity contribution in [3.05, 3.63) is 29.8 Å². The summed E-state index contributed by atoms with van der Waals surface area (Å²) < 4.78 is 0. The van der Waals surface area contributed by atoms with E-state index in [1.165, 1.54) is 10.5 Å². The number of benzene rings is 1. The van der Waals surface area contributed by atoms with Crippen molar-refractivity contribution in [2.45, 2.75) is 25.7 Å². The highest BCUT2D eigenvalue weighted by Gasteiger charge is 2.16. The first-order valence-corrected chi connectivity index (χ1v) is 5.68. The standard InChI is InChI=1S/C12H16OS/c1-10-4-6-11(7-5-10)14-9-12(2,3)8-13/h4-8H,9H2,1-3H3. The molecule has 0 aliphatic heterocycles. The van der Waals surface area contributed by atoms with Crippen LogP contribution in [0, 0.1) is 12.3 Å². The maximum atomic E-state index is 10.7. The molecule has 0 radical (unpaired) electrons. The average molecular weight is 208 g/mol. The monoisotopic (exact) mass is 208 g/mol. The molecule has 0 aliphatic rings. The van der Waals surface area contributed by atoms with Gasteiger partial charge in [-0.3, -0.25) is 0 Å². The molecule has 1 aromatic carbocycles. The summed E-state index contributed by atoms with van der Waals surface area (Å²) in [6.07, 6.45) is 1.02. The van der Waals surface area contributed by atoms with Crippen molar-refractivity contribution in [1.82, 2.24) is 0 Å². The molecule has 0 aromatic heterocycles. The minimum atomic E-state index is -0.227. The molecule has 0 saturated carbocycles. The van der Waals surface area contributed by atoms with Gasteiger partial charge >= 0.3 is 0 Å². The lowest BCUT2D eigenvalue weighted by atomic mass is 10.00. The number of aryl methyl sites for hydroxylation is 1. The Labute approximate surface area is 89.9 Å². The molecule has 14 heavy (non-hydrogen) atoms. The number of hydrogen-bond donors (Lipinski definition) is 0. The van der Waals surface area contributed by atoms with Gasteiger partial charge in [0.05, 0.1) is 0 Å². The summed E-state index contributed by atoms with van der Waals surface area (Å²) in [6.45, 7) is 5.99. The first-order chi connectivity index (χ1) is 6.53. The van der Waals surface area contributed by atoms with Gasteiger partial charge in [0, 0.05) is 16.1 Å². The van der Waals surface area contributed by atoms with Crippen LogP contribution in [0.15, 0.2) is 29.2 Å².